The van der Waals surface area contributed by atoms with E-state index in [0.717, 1.165) is 0 Å². The highest BCUT2D eigenvalue weighted by Crippen LogP contribution is 2.21. The average Bonchev–Trinajstić information content (AvgIpc) is 2.42. The Morgan fingerprint density at radius 2 is 2.42 bits per heavy atom. The van der Waals surface area contributed by atoms with Gasteiger partial charge in [0.25, 0.3) is 0 Å². The smallest absolute Gasteiger partial charge is 0.330 e. The highest BCUT2D eigenvalue weighted by Gasteiger charge is 2.32. The molecule has 1 fully saturated rings. The van der Waals surface area contributed by atoms with E-state index in [2.05, 4.69) is 15.3 Å². The Balaban J connectivity index is 2.29. The van der Waals surface area contributed by atoms with Crippen LogP contribution in [-0.2, 0) is 9.53 Å². The van der Waals surface area contributed by atoms with Crippen molar-refractivity contribution in [3.05, 3.63) is 17.8 Å². The maximum atomic E-state index is 14.1. The van der Waals surface area contributed by atoms with E-state index in [9.17, 15) is 9.18 Å². The highest BCUT2D eigenvalue weighted by atomic mass is 19.1. The molecule has 2 rings (SSSR count). The number of aromatic nitrogens is 2. The zero-order chi connectivity index (χ0) is 13.8. The normalized spacial score (nSPS) is 19.3. The molecule has 1 aromatic rings. The number of carbonyl (C=O) groups is 1. The number of halogens is 1. The molecule has 1 N–H and O–H groups in total. The van der Waals surface area contributed by atoms with Crippen LogP contribution in [0.15, 0.2) is 6.33 Å². The number of aryl methyl sites for hydroxylation is 1. The number of anilines is 1. The van der Waals surface area contributed by atoms with Crippen molar-refractivity contribution in [3.63, 3.8) is 0 Å². The lowest BCUT2D eigenvalue weighted by Gasteiger charge is -2.35. The second-order valence-electron chi connectivity index (χ2n) is 4.26. The van der Waals surface area contributed by atoms with Gasteiger partial charge in [0.2, 0.25) is 0 Å². The minimum Gasteiger partial charge on any atom is -0.464 e. The number of esters is 1. The Morgan fingerprint density at radius 3 is 3.16 bits per heavy atom. The summed E-state index contributed by atoms with van der Waals surface area (Å²) in [5, 5.41) is 3.10. The number of hydrogen-bond acceptors (Lipinski definition) is 6. The van der Waals surface area contributed by atoms with E-state index in [1.165, 1.54) is 6.33 Å². The number of nitrogens with one attached hydrogen (secondary N) is 1. The van der Waals surface area contributed by atoms with Crippen LogP contribution in [0.25, 0.3) is 0 Å². The Morgan fingerprint density at radius 1 is 1.63 bits per heavy atom. The molecule has 1 atom stereocenters. The van der Waals surface area contributed by atoms with Crippen molar-refractivity contribution in [1.29, 1.82) is 0 Å². The monoisotopic (exact) mass is 268 g/mol. The molecular formula is C12H17FN4O2. The van der Waals surface area contributed by atoms with Crippen LogP contribution in [0.4, 0.5) is 10.2 Å². The zero-order valence-electron chi connectivity index (χ0n) is 11.0. The van der Waals surface area contributed by atoms with Gasteiger partial charge < -0.3 is 15.0 Å². The average molecular weight is 268 g/mol. The molecule has 1 aliphatic rings. The Bertz CT molecular complexity index is 469. The summed E-state index contributed by atoms with van der Waals surface area (Å²) in [4.78, 5) is 21.3. The van der Waals surface area contributed by atoms with Crippen LogP contribution >= 0.6 is 0 Å². The third-order valence-electron chi connectivity index (χ3n) is 3.02. The topological polar surface area (TPSA) is 67.3 Å². The summed E-state index contributed by atoms with van der Waals surface area (Å²) >= 11 is 0. The molecule has 0 bridgehead atoms. The summed E-state index contributed by atoms with van der Waals surface area (Å²) in [5.74, 6) is -0.698. The molecule has 2 heterocycles. The van der Waals surface area contributed by atoms with Crippen LogP contribution < -0.4 is 10.2 Å². The summed E-state index contributed by atoms with van der Waals surface area (Å²) in [7, 11) is 0. The summed E-state index contributed by atoms with van der Waals surface area (Å²) < 4.78 is 19.1. The molecular weight excluding hydrogens is 251 g/mol. The molecule has 19 heavy (non-hydrogen) atoms. The van der Waals surface area contributed by atoms with Crippen LogP contribution in [0.1, 0.15) is 12.6 Å². The van der Waals surface area contributed by atoms with Crippen LogP contribution in [0.3, 0.4) is 0 Å². The Labute approximate surface area is 111 Å². The van der Waals surface area contributed by atoms with Crippen molar-refractivity contribution in [2.75, 3.05) is 31.1 Å². The number of rotatable bonds is 3. The van der Waals surface area contributed by atoms with Gasteiger partial charge in [-0.05, 0) is 13.8 Å². The van der Waals surface area contributed by atoms with Crippen molar-refractivity contribution in [3.8, 4) is 0 Å². The molecule has 7 heteroatoms. The minimum absolute atomic E-state index is 0.159. The van der Waals surface area contributed by atoms with E-state index in [0.29, 0.717) is 26.2 Å². The first-order valence-corrected chi connectivity index (χ1v) is 6.26. The number of carbonyl (C=O) groups excluding carboxylic acids is 1. The van der Waals surface area contributed by atoms with E-state index in [1.807, 2.05) is 0 Å². The van der Waals surface area contributed by atoms with Gasteiger partial charge >= 0.3 is 5.97 Å². The lowest BCUT2D eigenvalue weighted by Crippen LogP contribution is -2.56. The molecule has 104 valence electrons. The summed E-state index contributed by atoms with van der Waals surface area (Å²) in [6.07, 6.45) is 1.30. The minimum atomic E-state index is -0.558. The standard InChI is InChI=1S/C12H17FN4O2/c1-3-19-12(18)9-6-14-4-5-17(9)11-10(13)8(2)15-7-16-11/h7,9,14H,3-6H2,1-2H3. The number of ether oxygens (including phenoxy) is 1. The molecule has 1 saturated heterocycles. The van der Waals surface area contributed by atoms with Crippen molar-refractivity contribution in [1.82, 2.24) is 15.3 Å². The molecule has 6 nitrogen and oxygen atoms in total. The molecule has 0 radical (unpaired) electrons. The van der Waals surface area contributed by atoms with Gasteiger partial charge in [-0.25, -0.2) is 19.2 Å². The summed E-state index contributed by atoms with van der Waals surface area (Å²) in [6.45, 7) is 5.20. The first-order valence-electron chi connectivity index (χ1n) is 6.26. The molecule has 0 aromatic carbocycles. The molecule has 1 aliphatic heterocycles. The third kappa shape index (κ3) is 2.81. The van der Waals surface area contributed by atoms with E-state index in [1.54, 1.807) is 18.7 Å². The van der Waals surface area contributed by atoms with Gasteiger partial charge in [-0.15, -0.1) is 0 Å². The third-order valence-corrected chi connectivity index (χ3v) is 3.02. The first kappa shape index (κ1) is 13.7. The fourth-order valence-corrected chi connectivity index (χ4v) is 2.05. The fourth-order valence-electron chi connectivity index (χ4n) is 2.05. The fraction of sp³-hybridized carbons (Fsp3) is 0.583. The Hall–Kier alpha value is -1.76. The quantitative estimate of drug-likeness (QED) is 0.793. The highest BCUT2D eigenvalue weighted by molar-refractivity contribution is 5.80. The number of nitrogens with zero attached hydrogens (tertiary/aromatic N) is 3. The van der Waals surface area contributed by atoms with E-state index < -0.39 is 11.9 Å². The summed E-state index contributed by atoms with van der Waals surface area (Å²) in [6, 6.07) is -0.558. The predicted octanol–water partition coefficient (Wildman–Crippen LogP) is 0.265. The number of piperazine rings is 1. The second kappa shape index (κ2) is 5.92. The Kier molecular flexibility index (Phi) is 4.26. The van der Waals surface area contributed by atoms with Gasteiger partial charge in [-0.3, -0.25) is 0 Å². The molecule has 0 spiro atoms. The van der Waals surface area contributed by atoms with E-state index >= 15 is 0 Å². The first-order chi connectivity index (χ1) is 9.15. The van der Waals surface area contributed by atoms with Gasteiger partial charge in [-0.2, -0.15) is 0 Å². The van der Waals surface area contributed by atoms with Crippen LogP contribution in [0, 0.1) is 12.7 Å². The van der Waals surface area contributed by atoms with Gasteiger partial charge in [0.1, 0.15) is 12.4 Å². The molecule has 0 amide bonds. The van der Waals surface area contributed by atoms with Crippen molar-refractivity contribution in [2.45, 2.75) is 19.9 Å². The lowest BCUT2D eigenvalue weighted by molar-refractivity contribution is -0.144. The molecule has 0 aliphatic carbocycles. The van der Waals surface area contributed by atoms with Crippen LogP contribution in [0.5, 0.6) is 0 Å². The van der Waals surface area contributed by atoms with Crippen LogP contribution in [-0.4, -0.2) is 48.2 Å². The summed E-state index contributed by atoms with van der Waals surface area (Å²) in [5.41, 5.74) is 0.270. The largest absolute Gasteiger partial charge is 0.464 e. The van der Waals surface area contributed by atoms with Gasteiger partial charge in [-0.1, -0.05) is 0 Å². The maximum absolute atomic E-state index is 14.1. The predicted molar refractivity (Wildman–Crippen MR) is 67.4 cm³/mol. The van der Waals surface area contributed by atoms with E-state index in [-0.39, 0.29) is 17.5 Å². The zero-order valence-corrected chi connectivity index (χ0v) is 11.0. The molecule has 1 aromatic heterocycles. The number of hydrogen-bond donors (Lipinski definition) is 1. The van der Waals surface area contributed by atoms with Gasteiger partial charge in [0.05, 0.1) is 12.3 Å². The van der Waals surface area contributed by atoms with Crippen molar-refractivity contribution >= 4 is 11.8 Å². The van der Waals surface area contributed by atoms with Gasteiger partial charge in [0.15, 0.2) is 11.6 Å². The SMILES string of the molecule is CCOC(=O)C1CNCCN1c1ncnc(C)c1F. The van der Waals surface area contributed by atoms with Crippen molar-refractivity contribution in [2.24, 2.45) is 0 Å². The van der Waals surface area contributed by atoms with Crippen LogP contribution in [0.2, 0.25) is 0 Å². The molecule has 0 saturated carbocycles. The van der Waals surface area contributed by atoms with Gasteiger partial charge in [0, 0.05) is 19.6 Å². The van der Waals surface area contributed by atoms with Crippen molar-refractivity contribution < 1.29 is 13.9 Å². The second-order valence-corrected chi connectivity index (χ2v) is 4.26. The lowest BCUT2D eigenvalue weighted by atomic mass is 10.2. The molecule has 1 unspecified atom stereocenters. The van der Waals surface area contributed by atoms with E-state index in [4.69, 9.17) is 4.74 Å². The maximum Gasteiger partial charge on any atom is 0.330 e.